The van der Waals surface area contributed by atoms with E-state index in [2.05, 4.69) is 5.32 Å². The second-order valence-corrected chi connectivity index (χ2v) is 5.62. The molecule has 0 radical (unpaired) electrons. The first-order chi connectivity index (χ1) is 9.23. The van der Waals surface area contributed by atoms with E-state index in [0.717, 1.165) is 0 Å². The van der Waals surface area contributed by atoms with Gasteiger partial charge in [0.1, 0.15) is 5.75 Å². The van der Waals surface area contributed by atoms with Gasteiger partial charge in [-0.05, 0) is 38.5 Å². The van der Waals surface area contributed by atoms with Crippen molar-refractivity contribution in [3.05, 3.63) is 29.3 Å². The monoisotopic (exact) mass is 283 g/mol. The summed E-state index contributed by atoms with van der Waals surface area (Å²) in [5.74, 6) is 0.169. The van der Waals surface area contributed by atoms with E-state index in [1.807, 2.05) is 20.8 Å². The highest BCUT2D eigenvalue weighted by atomic mass is 16.6. The van der Waals surface area contributed by atoms with E-state index in [-0.39, 0.29) is 17.9 Å². The van der Waals surface area contributed by atoms with Crippen LogP contribution in [-0.2, 0) is 6.61 Å². The number of β-amino-alcohol motifs (C(OH)–C–C–N with tert-alkyl or cyclic N) is 1. The lowest BCUT2D eigenvalue weighted by atomic mass is 10.0. The molecule has 20 heavy (non-hydrogen) atoms. The van der Waals surface area contributed by atoms with E-state index in [4.69, 9.17) is 14.7 Å². The summed E-state index contributed by atoms with van der Waals surface area (Å²) in [7, 11) is -1.95. The fourth-order valence-electron chi connectivity index (χ4n) is 1.68. The molecule has 0 aliphatic heterocycles. The average molecular weight is 283 g/mol. The minimum atomic E-state index is -1.95. The van der Waals surface area contributed by atoms with E-state index < -0.39 is 13.4 Å². The van der Waals surface area contributed by atoms with Gasteiger partial charge in [0.15, 0.2) is 0 Å². The fraction of sp³-hybridized carbons (Fsp3) is 0.538. The standard InChI is InChI=1S/C13H22BNO5/c1-13(2,3)15-7-11(17)9-4-5-12(20-14(18)19)10(6-9)8-16/h4-6,11,15-19H,7-8H2,1-3H3/t11-/m0/s1. The van der Waals surface area contributed by atoms with Crippen molar-refractivity contribution in [2.24, 2.45) is 0 Å². The summed E-state index contributed by atoms with van der Waals surface area (Å²) in [6.07, 6.45) is -0.729. The Bertz CT molecular complexity index is 433. The van der Waals surface area contributed by atoms with E-state index in [1.54, 1.807) is 12.1 Å². The van der Waals surface area contributed by atoms with Gasteiger partial charge in [0, 0.05) is 17.6 Å². The Balaban J connectivity index is 2.81. The third-order valence-electron chi connectivity index (χ3n) is 2.70. The maximum atomic E-state index is 10.1. The molecule has 5 N–H and O–H groups in total. The molecule has 0 unspecified atom stereocenters. The number of hydrogen-bond donors (Lipinski definition) is 5. The Hall–Kier alpha value is -1.12. The molecule has 1 aromatic rings. The molecule has 0 spiro atoms. The lowest BCUT2D eigenvalue weighted by molar-refractivity contribution is 0.163. The second-order valence-electron chi connectivity index (χ2n) is 5.62. The van der Waals surface area contributed by atoms with Gasteiger partial charge in [-0.3, -0.25) is 0 Å². The summed E-state index contributed by atoms with van der Waals surface area (Å²) in [6.45, 7) is 6.04. The first kappa shape index (κ1) is 16.9. The molecule has 0 aromatic heterocycles. The summed E-state index contributed by atoms with van der Waals surface area (Å²) in [4.78, 5) is 0. The molecule has 0 saturated carbocycles. The Labute approximate surface area is 119 Å². The van der Waals surface area contributed by atoms with Crippen LogP contribution in [0.5, 0.6) is 5.75 Å². The lowest BCUT2D eigenvalue weighted by Crippen LogP contribution is -2.38. The zero-order valence-corrected chi connectivity index (χ0v) is 12.0. The van der Waals surface area contributed by atoms with Crippen LogP contribution in [0.15, 0.2) is 18.2 Å². The first-order valence-corrected chi connectivity index (χ1v) is 6.42. The Kier molecular flexibility index (Phi) is 5.97. The van der Waals surface area contributed by atoms with Gasteiger partial charge in [-0.1, -0.05) is 6.07 Å². The number of rotatable bonds is 6. The molecule has 0 aliphatic carbocycles. The van der Waals surface area contributed by atoms with E-state index in [1.165, 1.54) is 6.07 Å². The van der Waals surface area contributed by atoms with Crippen molar-refractivity contribution in [2.75, 3.05) is 6.54 Å². The maximum Gasteiger partial charge on any atom is 0.707 e. The van der Waals surface area contributed by atoms with Crippen LogP contribution < -0.4 is 9.97 Å². The molecule has 0 saturated heterocycles. The van der Waals surface area contributed by atoms with Crippen LogP contribution in [-0.4, -0.2) is 39.7 Å². The van der Waals surface area contributed by atoms with Crippen molar-refractivity contribution < 1.29 is 24.9 Å². The highest BCUT2D eigenvalue weighted by Gasteiger charge is 2.17. The Morgan fingerprint density at radius 1 is 1.30 bits per heavy atom. The largest absolute Gasteiger partial charge is 0.707 e. The van der Waals surface area contributed by atoms with Crippen LogP contribution in [0.4, 0.5) is 0 Å². The molecule has 0 heterocycles. The van der Waals surface area contributed by atoms with Gasteiger partial charge >= 0.3 is 7.32 Å². The molecule has 6 nitrogen and oxygen atoms in total. The summed E-state index contributed by atoms with van der Waals surface area (Å²) in [6, 6.07) is 4.68. The van der Waals surface area contributed by atoms with Crippen LogP contribution in [0.3, 0.4) is 0 Å². The van der Waals surface area contributed by atoms with Gasteiger partial charge in [-0.25, -0.2) is 0 Å². The van der Waals surface area contributed by atoms with Crippen LogP contribution in [0.1, 0.15) is 38.0 Å². The summed E-state index contributed by atoms with van der Waals surface area (Å²) in [5, 5.41) is 40.1. The average Bonchev–Trinajstić information content (AvgIpc) is 2.34. The zero-order valence-electron chi connectivity index (χ0n) is 12.0. The highest BCUT2D eigenvalue weighted by molar-refractivity contribution is 6.33. The second kappa shape index (κ2) is 7.05. The third kappa shape index (κ3) is 5.48. The summed E-state index contributed by atoms with van der Waals surface area (Å²) < 4.78 is 4.74. The molecule has 1 aromatic carbocycles. The molecule has 0 amide bonds. The van der Waals surface area contributed by atoms with Crippen molar-refractivity contribution in [2.45, 2.75) is 39.0 Å². The Morgan fingerprint density at radius 3 is 2.45 bits per heavy atom. The highest BCUT2D eigenvalue weighted by Crippen LogP contribution is 2.24. The number of nitrogens with one attached hydrogen (secondary N) is 1. The first-order valence-electron chi connectivity index (χ1n) is 6.42. The molecule has 0 bridgehead atoms. The predicted octanol–water partition coefficient (Wildman–Crippen LogP) is -0.0513. The van der Waals surface area contributed by atoms with E-state index in [9.17, 15) is 10.2 Å². The van der Waals surface area contributed by atoms with Crippen molar-refractivity contribution in [3.8, 4) is 5.75 Å². The molecular weight excluding hydrogens is 261 g/mol. The number of aliphatic hydroxyl groups is 2. The normalized spacial score (nSPS) is 13.2. The minimum absolute atomic E-state index is 0.106. The number of aliphatic hydroxyl groups excluding tert-OH is 2. The molecule has 1 rings (SSSR count). The smallest absolute Gasteiger partial charge is 0.512 e. The van der Waals surface area contributed by atoms with Gasteiger partial charge in [-0.2, -0.15) is 0 Å². The van der Waals surface area contributed by atoms with Crippen molar-refractivity contribution in [1.29, 1.82) is 0 Å². The lowest BCUT2D eigenvalue weighted by Gasteiger charge is -2.23. The molecule has 7 heteroatoms. The third-order valence-corrected chi connectivity index (χ3v) is 2.70. The summed E-state index contributed by atoms with van der Waals surface area (Å²) >= 11 is 0. The van der Waals surface area contributed by atoms with Crippen LogP contribution in [0.2, 0.25) is 0 Å². The van der Waals surface area contributed by atoms with Gasteiger partial charge < -0.3 is 30.2 Å². The number of benzene rings is 1. The van der Waals surface area contributed by atoms with Crippen molar-refractivity contribution in [1.82, 2.24) is 5.32 Å². The molecular formula is C13H22BNO5. The van der Waals surface area contributed by atoms with Crippen molar-refractivity contribution in [3.63, 3.8) is 0 Å². The van der Waals surface area contributed by atoms with Gasteiger partial charge in [0.2, 0.25) is 0 Å². The predicted molar refractivity (Wildman–Crippen MR) is 75.9 cm³/mol. The Morgan fingerprint density at radius 2 is 1.95 bits per heavy atom. The van der Waals surface area contributed by atoms with Gasteiger partial charge in [0.05, 0.1) is 12.7 Å². The molecule has 0 aliphatic rings. The molecule has 1 atom stereocenters. The van der Waals surface area contributed by atoms with Crippen molar-refractivity contribution >= 4 is 7.32 Å². The van der Waals surface area contributed by atoms with Crippen LogP contribution in [0, 0.1) is 0 Å². The summed E-state index contributed by atoms with van der Waals surface area (Å²) in [5.41, 5.74) is 0.890. The number of hydrogen-bond acceptors (Lipinski definition) is 6. The molecule has 112 valence electrons. The van der Waals surface area contributed by atoms with Gasteiger partial charge in [0.25, 0.3) is 0 Å². The topological polar surface area (TPSA) is 102 Å². The zero-order chi connectivity index (χ0) is 15.3. The minimum Gasteiger partial charge on any atom is -0.512 e. The van der Waals surface area contributed by atoms with E-state index >= 15 is 0 Å². The maximum absolute atomic E-state index is 10.1. The van der Waals surface area contributed by atoms with Gasteiger partial charge in [-0.15, -0.1) is 0 Å². The SMILES string of the molecule is CC(C)(C)NC[C@H](O)c1ccc(OB(O)O)c(CO)c1. The van der Waals surface area contributed by atoms with Crippen LogP contribution in [0.25, 0.3) is 0 Å². The fourth-order valence-corrected chi connectivity index (χ4v) is 1.68. The van der Waals surface area contributed by atoms with Crippen LogP contribution >= 0.6 is 0 Å². The van der Waals surface area contributed by atoms with E-state index in [0.29, 0.717) is 17.7 Å². The molecule has 0 fully saturated rings. The quantitative estimate of drug-likeness (QED) is 0.469.